The number of sulfone groups is 1. The summed E-state index contributed by atoms with van der Waals surface area (Å²) in [5.74, 6) is 1.13. The van der Waals surface area contributed by atoms with E-state index < -0.39 is 9.84 Å². The van der Waals surface area contributed by atoms with Gasteiger partial charge in [0.05, 0.1) is 21.2 Å². The highest BCUT2D eigenvalue weighted by Gasteiger charge is 2.22. The van der Waals surface area contributed by atoms with E-state index in [1.807, 2.05) is 24.3 Å². The Morgan fingerprint density at radius 3 is 2.25 bits per heavy atom. The van der Waals surface area contributed by atoms with Crippen molar-refractivity contribution in [3.8, 4) is 11.5 Å². The minimum atomic E-state index is -3.63. The van der Waals surface area contributed by atoms with Crippen LogP contribution in [0.15, 0.2) is 76.5 Å². The molecule has 1 heterocycles. The minimum Gasteiger partial charge on any atom is -0.453 e. The lowest BCUT2D eigenvalue weighted by molar-refractivity contribution is 0.479. The van der Waals surface area contributed by atoms with E-state index in [1.54, 1.807) is 24.3 Å². The predicted octanol–water partition coefficient (Wildman–Crippen LogP) is 5.02. The van der Waals surface area contributed by atoms with Gasteiger partial charge >= 0.3 is 0 Å². The Bertz CT molecular complexity index is 1030. The first-order valence-electron chi connectivity index (χ1n) is 7.23. The van der Waals surface area contributed by atoms with Gasteiger partial charge in [0, 0.05) is 11.1 Å². The van der Waals surface area contributed by atoms with Crippen molar-refractivity contribution in [1.82, 2.24) is 0 Å². The molecule has 0 spiro atoms. The summed E-state index contributed by atoms with van der Waals surface area (Å²) in [5, 5.41) is 3.72. The number of nitrogens with one attached hydrogen (secondary N) is 1. The van der Waals surface area contributed by atoms with Crippen LogP contribution in [0.4, 0.5) is 11.4 Å². The molecule has 4 rings (SSSR count). The van der Waals surface area contributed by atoms with Crippen LogP contribution in [0.2, 0.25) is 5.02 Å². The number of hydrogen-bond donors (Lipinski definition) is 1. The summed E-state index contributed by atoms with van der Waals surface area (Å²) in [5.41, 5.74) is 1.57. The van der Waals surface area contributed by atoms with Crippen LogP contribution in [0.3, 0.4) is 0 Å². The van der Waals surface area contributed by atoms with Gasteiger partial charge < -0.3 is 10.1 Å². The fraction of sp³-hybridized carbons (Fsp3) is 0. The third-order valence-corrected chi connectivity index (χ3v) is 5.78. The number of fused-ring (bicyclic) bond motifs is 2. The van der Waals surface area contributed by atoms with Gasteiger partial charge in [0.25, 0.3) is 0 Å². The fourth-order valence-corrected chi connectivity index (χ4v) is 3.93. The zero-order valence-electron chi connectivity index (χ0n) is 12.4. The molecular formula is C18H12ClNO3S. The number of hydrogen-bond acceptors (Lipinski definition) is 4. The van der Waals surface area contributed by atoms with E-state index in [-0.39, 0.29) is 9.79 Å². The minimum absolute atomic E-state index is 0.171. The maximum atomic E-state index is 12.8. The Balaban J connectivity index is 1.75. The zero-order chi connectivity index (χ0) is 16.7. The molecule has 1 N–H and O–H groups in total. The first kappa shape index (κ1) is 15.1. The molecule has 0 fully saturated rings. The maximum Gasteiger partial charge on any atom is 0.206 e. The van der Waals surface area contributed by atoms with Crippen LogP contribution in [0, 0.1) is 0 Å². The Morgan fingerprint density at radius 1 is 0.792 bits per heavy atom. The van der Waals surface area contributed by atoms with Crippen molar-refractivity contribution in [1.29, 1.82) is 0 Å². The maximum absolute atomic E-state index is 12.8. The Morgan fingerprint density at radius 2 is 1.46 bits per heavy atom. The van der Waals surface area contributed by atoms with Gasteiger partial charge in [0.1, 0.15) is 0 Å². The van der Waals surface area contributed by atoms with Crippen LogP contribution < -0.4 is 10.1 Å². The predicted molar refractivity (Wildman–Crippen MR) is 93.1 cm³/mol. The zero-order valence-corrected chi connectivity index (χ0v) is 13.9. The van der Waals surface area contributed by atoms with Crippen LogP contribution in [0.1, 0.15) is 0 Å². The molecule has 0 aromatic heterocycles. The van der Waals surface area contributed by atoms with Crippen molar-refractivity contribution < 1.29 is 13.2 Å². The van der Waals surface area contributed by atoms with Crippen LogP contribution in [0.5, 0.6) is 11.5 Å². The van der Waals surface area contributed by atoms with Crippen molar-refractivity contribution in [3.63, 3.8) is 0 Å². The standard InChI is InChI=1S/C18H12ClNO3S/c19-12-5-7-13(8-6-12)24(21,22)14-9-10-16-18(11-14)23-17-4-2-1-3-15(17)20-16/h1-11,20H. The molecule has 3 aromatic carbocycles. The molecule has 120 valence electrons. The number of para-hydroxylation sites is 2. The SMILES string of the molecule is O=S(=O)(c1ccc(Cl)cc1)c1ccc2c(c1)Oc1ccccc1N2. The number of rotatable bonds is 2. The molecule has 1 aliphatic rings. The van der Waals surface area contributed by atoms with E-state index in [1.165, 1.54) is 18.2 Å². The summed E-state index contributed by atoms with van der Waals surface area (Å²) in [7, 11) is -3.63. The van der Waals surface area contributed by atoms with E-state index >= 15 is 0 Å². The van der Waals surface area contributed by atoms with E-state index in [9.17, 15) is 8.42 Å². The number of anilines is 2. The summed E-state index contributed by atoms with van der Waals surface area (Å²) in [6, 6.07) is 18.4. The Labute approximate surface area is 144 Å². The number of halogens is 1. The number of ether oxygens (including phenoxy) is 1. The third-order valence-electron chi connectivity index (χ3n) is 3.76. The number of benzene rings is 3. The molecule has 0 saturated carbocycles. The van der Waals surface area contributed by atoms with Crippen LogP contribution in [-0.4, -0.2) is 8.42 Å². The van der Waals surface area contributed by atoms with Crippen molar-refractivity contribution in [3.05, 3.63) is 71.8 Å². The van der Waals surface area contributed by atoms with Gasteiger partial charge in [-0.05, 0) is 48.5 Å². The highest BCUT2D eigenvalue weighted by Crippen LogP contribution is 2.42. The van der Waals surface area contributed by atoms with Crippen LogP contribution in [0.25, 0.3) is 0 Å². The van der Waals surface area contributed by atoms with Gasteiger partial charge in [-0.25, -0.2) is 8.42 Å². The first-order valence-corrected chi connectivity index (χ1v) is 9.09. The monoisotopic (exact) mass is 357 g/mol. The average Bonchev–Trinajstić information content (AvgIpc) is 2.59. The molecule has 0 atom stereocenters. The van der Waals surface area contributed by atoms with Crippen molar-refractivity contribution in [2.75, 3.05) is 5.32 Å². The molecule has 0 saturated heterocycles. The smallest absolute Gasteiger partial charge is 0.206 e. The Kier molecular flexibility index (Phi) is 3.48. The van der Waals surface area contributed by atoms with Crippen molar-refractivity contribution in [2.24, 2.45) is 0 Å². The van der Waals surface area contributed by atoms with Crippen molar-refractivity contribution >= 4 is 32.8 Å². The summed E-state index contributed by atoms with van der Waals surface area (Å²) in [6.07, 6.45) is 0. The largest absolute Gasteiger partial charge is 0.453 e. The summed E-state index contributed by atoms with van der Waals surface area (Å²) < 4.78 is 31.3. The van der Waals surface area contributed by atoms with Gasteiger partial charge in [-0.3, -0.25) is 0 Å². The Hall–Kier alpha value is -2.50. The molecule has 6 heteroatoms. The highest BCUT2D eigenvalue weighted by molar-refractivity contribution is 7.91. The van der Waals surface area contributed by atoms with E-state index in [2.05, 4.69) is 5.32 Å². The second kappa shape index (κ2) is 5.54. The topological polar surface area (TPSA) is 55.4 Å². The molecule has 0 unspecified atom stereocenters. The molecule has 4 nitrogen and oxygen atoms in total. The van der Waals surface area contributed by atoms with Gasteiger partial charge in [0.2, 0.25) is 9.84 Å². The van der Waals surface area contributed by atoms with Gasteiger partial charge in [-0.2, -0.15) is 0 Å². The molecule has 0 amide bonds. The summed E-state index contributed by atoms with van der Waals surface area (Å²) >= 11 is 5.83. The molecule has 0 radical (unpaired) electrons. The van der Waals surface area contributed by atoms with Crippen LogP contribution in [-0.2, 0) is 9.84 Å². The lowest BCUT2D eigenvalue weighted by Crippen LogP contribution is -2.06. The molecule has 1 aliphatic heterocycles. The van der Waals surface area contributed by atoms with Crippen molar-refractivity contribution in [2.45, 2.75) is 9.79 Å². The average molecular weight is 358 g/mol. The lowest BCUT2D eigenvalue weighted by atomic mass is 10.2. The van der Waals surface area contributed by atoms with Gasteiger partial charge in [0.15, 0.2) is 11.5 Å². The summed E-state index contributed by atoms with van der Waals surface area (Å²) in [6.45, 7) is 0. The third kappa shape index (κ3) is 2.52. The van der Waals surface area contributed by atoms with Gasteiger partial charge in [-0.15, -0.1) is 0 Å². The van der Waals surface area contributed by atoms with E-state index in [4.69, 9.17) is 16.3 Å². The quantitative estimate of drug-likeness (QED) is 0.547. The molecule has 0 aliphatic carbocycles. The van der Waals surface area contributed by atoms with E-state index in [0.29, 0.717) is 16.5 Å². The first-order chi connectivity index (χ1) is 11.5. The normalized spacial score (nSPS) is 12.5. The molecule has 0 bridgehead atoms. The highest BCUT2D eigenvalue weighted by atomic mass is 35.5. The second-order valence-corrected chi connectivity index (χ2v) is 7.72. The fourth-order valence-electron chi connectivity index (χ4n) is 2.53. The van der Waals surface area contributed by atoms with E-state index in [0.717, 1.165) is 11.4 Å². The van der Waals surface area contributed by atoms with Gasteiger partial charge in [-0.1, -0.05) is 23.7 Å². The lowest BCUT2D eigenvalue weighted by Gasteiger charge is -2.22. The molecule has 24 heavy (non-hydrogen) atoms. The summed E-state index contributed by atoms with van der Waals surface area (Å²) in [4.78, 5) is 0.362. The second-order valence-electron chi connectivity index (χ2n) is 5.34. The molecule has 3 aromatic rings. The molecular weight excluding hydrogens is 346 g/mol. The van der Waals surface area contributed by atoms with Crippen LogP contribution >= 0.6 is 11.6 Å².